The van der Waals surface area contributed by atoms with Gasteiger partial charge in [0.25, 0.3) is 0 Å². The van der Waals surface area contributed by atoms with Gasteiger partial charge in [0.15, 0.2) is 0 Å². The predicted molar refractivity (Wildman–Crippen MR) is 66.2 cm³/mol. The maximum Gasteiger partial charge on any atom is 0.0385 e. The van der Waals surface area contributed by atoms with Crippen molar-refractivity contribution in [1.82, 2.24) is 0 Å². The Hall–Kier alpha value is -0.330. The molecule has 1 nitrogen and oxygen atoms in total. The zero-order valence-electron chi connectivity index (χ0n) is 10.3. The van der Waals surface area contributed by atoms with E-state index in [1.807, 2.05) is 0 Å². The van der Waals surface area contributed by atoms with Crippen LogP contribution in [0.3, 0.4) is 0 Å². The summed E-state index contributed by atoms with van der Waals surface area (Å²) in [5.41, 5.74) is 0. The second-order valence-electron chi connectivity index (χ2n) is 4.24. The molecule has 0 aromatic rings. The van der Waals surface area contributed by atoms with Crippen molar-refractivity contribution in [3.05, 3.63) is 0 Å². The second kappa shape index (κ2) is 10.7. The zero-order chi connectivity index (χ0) is 10.6. The van der Waals surface area contributed by atoms with E-state index in [1.165, 1.54) is 44.9 Å². The molecular weight excluding hydrogens is 170 g/mol. The van der Waals surface area contributed by atoms with E-state index in [0.717, 1.165) is 6.54 Å². The summed E-state index contributed by atoms with van der Waals surface area (Å²) in [6, 6.07) is 0. The molecule has 84 valence electrons. The van der Waals surface area contributed by atoms with Crippen LogP contribution in [-0.2, 0) is 0 Å². The minimum absolute atomic E-state index is 0.684. The van der Waals surface area contributed by atoms with E-state index < -0.39 is 0 Å². The Morgan fingerprint density at radius 1 is 1.00 bits per heavy atom. The first-order chi connectivity index (χ1) is 6.81. The molecular formula is C13H27N. The SMILES string of the molecule is CCCCCCC(C)C=NCCCC. The van der Waals surface area contributed by atoms with Crippen molar-refractivity contribution in [2.75, 3.05) is 6.54 Å². The molecule has 0 saturated heterocycles. The highest BCUT2D eigenvalue weighted by Gasteiger charge is 1.96. The molecule has 0 aliphatic rings. The van der Waals surface area contributed by atoms with Crippen LogP contribution in [0.2, 0.25) is 0 Å². The van der Waals surface area contributed by atoms with Crippen molar-refractivity contribution in [3.8, 4) is 0 Å². The summed E-state index contributed by atoms with van der Waals surface area (Å²) in [7, 11) is 0. The molecule has 1 unspecified atom stereocenters. The summed E-state index contributed by atoms with van der Waals surface area (Å²) in [6.45, 7) is 7.77. The van der Waals surface area contributed by atoms with E-state index in [4.69, 9.17) is 0 Å². The molecule has 0 radical (unpaired) electrons. The third kappa shape index (κ3) is 9.76. The van der Waals surface area contributed by atoms with Crippen LogP contribution in [-0.4, -0.2) is 12.8 Å². The van der Waals surface area contributed by atoms with E-state index in [0.29, 0.717) is 5.92 Å². The van der Waals surface area contributed by atoms with Gasteiger partial charge in [0.05, 0.1) is 0 Å². The molecule has 0 bridgehead atoms. The molecule has 0 fully saturated rings. The van der Waals surface area contributed by atoms with Gasteiger partial charge in [-0.05, 0) is 18.8 Å². The number of nitrogens with zero attached hydrogens (tertiary/aromatic N) is 1. The molecule has 0 aliphatic heterocycles. The van der Waals surface area contributed by atoms with Crippen LogP contribution in [0, 0.1) is 5.92 Å². The highest BCUT2D eigenvalue weighted by Crippen LogP contribution is 2.08. The van der Waals surface area contributed by atoms with Gasteiger partial charge in [0.2, 0.25) is 0 Å². The van der Waals surface area contributed by atoms with Crippen LogP contribution in [0.1, 0.15) is 65.7 Å². The van der Waals surface area contributed by atoms with Crippen molar-refractivity contribution < 1.29 is 0 Å². The summed E-state index contributed by atoms with van der Waals surface area (Å²) in [5, 5.41) is 0. The predicted octanol–water partition coefficient (Wildman–Crippen LogP) is 4.46. The van der Waals surface area contributed by atoms with Crippen molar-refractivity contribution in [2.45, 2.75) is 65.7 Å². The Kier molecular flexibility index (Phi) is 10.5. The van der Waals surface area contributed by atoms with Gasteiger partial charge >= 0.3 is 0 Å². The van der Waals surface area contributed by atoms with E-state index >= 15 is 0 Å². The van der Waals surface area contributed by atoms with E-state index in [2.05, 4.69) is 32.0 Å². The molecule has 0 spiro atoms. The van der Waals surface area contributed by atoms with E-state index in [-0.39, 0.29) is 0 Å². The first kappa shape index (κ1) is 13.7. The van der Waals surface area contributed by atoms with Crippen LogP contribution < -0.4 is 0 Å². The monoisotopic (exact) mass is 197 g/mol. The average Bonchev–Trinajstić information content (AvgIpc) is 2.19. The minimum atomic E-state index is 0.684. The van der Waals surface area contributed by atoms with Gasteiger partial charge in [-0.15, -0.1) is 0 Å². The van der Waals surface area contributed by atoms with Crippen LogP contribution in [0.15, 0.2) is 4.99 Å². The van der Waals surface area contributed by atoms with Gasteiger partial charge in [-0.1, -0.05) is 52.9 Å². The van der Waals surface area contributed by atoms with Crippen LogP contribution in [0.5, 0.6) is 0 Å². The van der Waals surface area contributed by atoms with Crippen LogP contribution >= 0.6 is 0 Å². The van der Waals surface area contributed by atoms with Gasteiger partial charge in [0, 0.05) is 12.8 Å². The molecule has 0 N–H and O–H groups in total. The number of hydrogen-bond acceptors (Lipinski definition) is 1. The first-order valence-corrected chi connectivity index (χ1v) is 6.31. The van der Waals surface area contributed by atoms with Crippen molar-refractivity contribution in [2.24, 2.45) is 10.9 Å². The molecule has 0 aromatic carbocycles. The molecule has 0 aromatic heterocycles. The van der Waals surface area contributed by atoms with Crippen molar-refractivity contribution in [3.63, 3.8) is 0 Å². The van der Waals surface area contributed by atoms with Gasteiger partial charge < -0.3 is 0 Å². The minimum Gasteiger partial charge on any atom is -0.297 e. The largest absolute Gasteiger partial charge is 0.297 e. The Morgan fingerprint density at radius 2 is 1.71 bits per heavy atom. The second-order valence-corrected chi connectivity index (χ2v) is 4.24. The van der Waals surface area contributed by atoms with Crippen LogP contribution in [0.4, 0.5) is 0 Å². The summed E-state index contributed by atoms with van der Waals surface area (Å²) in [6.07, 6.45) is 11.4. The molecule has 0 aliphatic carbocycles. The lowest BCUT2D eigenvalue weighted by molar-refractivity contribution is 0.583. The van der Waals surface area contributed by atoms with Gasteiger partial charge in [0.1, 0.15) is 0 Å². The topological polar surface area (TPSA) is 12.4 Å². The summed E-state index contributed by atoms with van der Waals surface area (Å²) in [5.74, 6) is 0.684. The number of unbranched alkanes of at least 4 members (excludes halogenated alkanes) is 4. The Balaban J connectivity index is 3.26. The summed E-state index contributed by atoms with van der Waals surface area (Å²) >= 11 is 0. The smallest absolute Gasteiger partial charge is 0.0385 e. The maximum absolute atomic E-state index is 4.43. The lowest BCUT2D eigenvalue weighted by atomic mass is 10.0. The molecule has 14 heavy (non-hydrogen) atoms. The van der Waals surface area contributed by atoms with E-state index in [1.54, 1.807) is 0 Å². The molecule has 1 atom stereocenters. The fourth-order valence-corrected chi connectivity index (χ4v) is 1.47. The van der Waals surface area contributed by atoms with E-state index in [9.17, 15) is 0 Å². The molecule has 0 saturated carbocycles. The fraction of sp³-hybridized carbons (Fsp3) is 0.923. The summed E-state index contributed by atoms with van der Waals surface area (Å²) in [4.78, 5) is 4.43. The highest BCUT2D eigenvalue weighted by molar-refractivity contribution is 5.59. The highest BCUT2D eigenvalue weighted by atomic mass is 14.7. The van der Waals surface area contributed by atoms with Gasteiger partial charge in [-0.2, -0.15) is 0 Å². The average molecular weight is 197 g/mol. The lowest BCUT2D eigenvalue weighted by Crippen LogP contribution is -1.96. The first-order valence-electron chi connectivity index (χ1n) is 6.31. The quantitative estimate of drug-likeness (QED) is 0.382. The summed E-state index contributed by atoms with van der Waals surface area (Å²) < 4.78 is 0. The molecule has 1 heteroatoms. The lowest BCUT2D eigenvalue weighted by Gasteiger charge is -2.04. The number of rotatable bonds is 9. The third-order valence-corrected chi connectivity index (χ3v) is 2.51. The normalized spacial score (nSPS) is 13.6. The third-order valence-electron chi connectivity index (χ3n) is 2.51. The molecule has 0 heterocycles. The number of aliphatic imine (C=N–C) groups is 1. The van der Waals surface area contributed by atoms with Gasteiger partial charge in [-0.3, -0.25) is 4.99 Å². The van der Waals surface area contributed by atoms with Crippen molar-refractivity contribution >= 4 is 6.21 Å². The standard InChI is InChI=1S/C13H27N/c1-4-6-8-9-10-13(3)12-14-11-7-5-2/h12-13H,4-11H2,1-3H3. The Labute approximate surface area is 90.0 Å². The van der Waals surface area contributed by atoms with Crippen molar-refractivity contribution in [1.29, 1.82) is 0 Å². The maximum atomic E-state index is 4.43. The Morgan fingerprint density at radius 3 is 2.36 bits per heavy atom. The zero-order valence-corrected chi connectivity index (χ0v) is 10.3. The van der Waals surface area contributed by atoms with Crippen LogP contribution in [0.25, 0.3) is 0 Å². The van der Waals surface area contributed by atoms with Gasteiger partial charge in [-0.25, -0.2) is 0 Å². The number of hydrogen-bond donors (Lipinski definition) is 0. The Bertz CT molecular complexity index is 129. The molecule has 0 rings (SSSR count). The fourth-order valence-electron chi connectivity index (χ4n) is 1.47. The molecule has 0 amide bonds.